The van der Waals surface area contributed by atoms with Crippen LogP contribution in [0.4, 0.5) is 0 Å². The average molecular weight is 359 g/mol. The number of rotatable bonds is 4. The van der Waals surface area contributed by atoms with Crippen LogP contribution in [0.25, 0.3) is 17.1 Å². The number of hydrogen-bond acceptors (Lipinski definition) is 5. The van der Waals surface area contributed by atoms with E-state index in [1.807, 2.05) is 17.5 Å². The van der Waals surface area contributed by atoms with Gasteiger partial charge < -0.3 is 0 Å². The molecule has 0 atom stereocenters. The van der Waals surface area contributed by atoms with Crippen LogP contribution in [0, 0.1) is 11.3 Å². The molecule has 4 rings (SSSR count). The molecule has 0 amide bonds. The van der Waals surface area contributed by atoms with Gasteiger partial charge in [-0.25, -0.2) is 4.68 Å². The molecule has 0 radical (unpaired) electrons. The van der Waals surface area contributed by atoms with Crippen molar-refractivity contribution in [1.29, 1.82) is 5.26 Å². The molecule has 0 fully saturated rings. The van der Waals surface area contributed by atoms with Crippen LogP contribution in [0.3, 0.4) is 0 Å². The Bertz CT molecular complexity index is 1130. The fourth-order valence-corrected chi connectivity index (χ4v) is 3.31. The Labute approximate surface area is 153 Å². The zero-order valence-electron chi connectivity index (χ0n) is 13.6. The van der Waals surface area contributed by atoms with E-state index >= 15 is 0 Å². The van der Waals surface area contributed by atoms with Gasteiger partial charge in [0.2, 0.25) is 5.43 Å². The summed E-state index contributed by atoms with van der Waals surface area (Å²) in [6.07, 6.45) is 3.29. The van der Waals surface area contributed by atoms with Crippen LogP contribution in [0.2, 0.25) is 0 Å². The molecule has 1 aromatic carbocycles. The number of nitriles is 1. The molecule has 4 aromatic rings. The quantitative estimate of drug-likeness (QED) is 0.561. The van der Waals surface area contributed by atoms with Crippen LogP contribution in [-0.2, 0) is 6.54 Å². The second kappa shape index (κ2) is 6.78. The number of thiophene rings is 1. The molecule has 0 unspecified atom stereocenters. The summed E-state index contributed by atoms with van der Waals surface area (Å²) in [6, 6.07) is 16.4. The fourth-order valence-electron chi connectivity index (χ4n) is 2.63. The average Bonchev–Trinajstić information content (AvgIpc) is 3.35. The van der Waals surface area contributed by atoms with Crippen molar-refractivity contribution in [3.05, 3.63) is 87.0 Å². The van der Waals surface area contributed by atoms with Gasteiger partial charge in [-0.1, -0.05) is 6.07 Å². The summed E-state index contributed by atoms with van der Waals surface area (Å²) >= 11 is 1.64. The normalized spacial score (nSPS) is 10.6. The number of hydrogen-bond donors (Lipinski definition) is 0. The fraction of sp³-hybridized carbons (Fsp3) is 0.0526. The van der Waals surface area contributed by atoms with Crippen LogP contribution in [0.15, 0.2) is 71.1 Å². The highest BCUT2D eigenvalue weighted by atomic mass is 32.1. The molecular weight excluding hydrogens is 346 g/mol. The van der Waals surface area contributed by atoms with Gasteiger partial charge in [0.15, 0.2) is 5.69 Å². The molecule has 6 nitrogen and oxygen atoms in total. The first-order chi connectivity index (χ1) is 12.7. The maximum Gasteiger partial charge on any atom is 0.209 e. The summed E-state index contributed by atoms with van der Waals surface area (Å²) in [4.78, 5) is 13.6. The van der Waals surface area contributed by atoms with Crippen LogP contribution in [0.5, 0.6) is 0 Å². The highest BCUT2D eigenvalue weighted by molar-refractivity contribution is 7.09. The smallest absolute Gasteiger partial charge is 0.209 e. The van der Waals surface area contributed by atoms with Gasteiger partial charge in [0, 0.05) is 23.3 Å². The molecule has 0 N–H and O–H groups in total. The second-order valence-electron chi connectivity index (χ2n) is 5.59. The summed E-state index contributed by atoms with van der Waals surface area (Å²) < 4.78 is 3.40. The van der Waals surface area contributed by atoms with Crippen molar-refractivity contribution in [2.24, 2.45) is 0 Å². The van der Waals surface area contributed by atoms with Crippen LogP contribution in [0.1, 0.15) is 10.4 Å². The van der Waals surface area contributed by atoms with Gasteiger partial charge in [0.1, 0.15) is 0 Å². The number of nitrogens with zero attached hydrogens (tertiary/aromatic N) is 5. The molecule has 0 aliphatic heterocycles. The number of benzene rings is 1. The highest BCUT2D eigenvalue weighted by Crippen LogP contribution is 2.17. The van der Waals surface area contributed by atoms with E-state index in [-0.39, 0.29) is 5.43 Å². The minimum absolute atomic E-state index is 0.164. The lowest BCUT2D eigenvalue weighted by Gasteiger charge is -2.09. The molecule has 0 saturated carbocycles. The Morgan fingerprint density at radius 1 is 1.12 bits per heavy atom. The zero-order valence-corrected chi connectivity index (χ0v) is 14.4. The molecule has 7 heteroatoms. The van der Waals surface area contributed by atoms with Gasteiger partial charge in [-0.15, -0.1) is 11.3 Å². The third kappa shape index (κ3) is 3.06. The van der Waals surface area contributed by atoms with E-state index in [9.17, 15) is 4.79 Å². The predicted molar refractivity (Wildman–Crippen MR) is 99.2 cm³/mol. The molecular formula is C19H13N5OS. The Balaban J connectivity index is 1.75. The molecule has 0 bridgehead atoms. The van der Waals surface area contributed by atoms with Crippen molar-refractivity contribution in [3.8, 4) is 23.1 Å². The van der Waals surface area contributed by atoms with Gasteiger partial charge in [-0.3, -0.25) is 9.48 Å². The lowest BCUT2D eigenvalue weighted by atomic mass is 10.2. The molecule has 3 aromatic heterocycles. The van der Waals surface area contributed by atoms with Gasteiger partial charge in [-0.05, 0) is 41.8 Å². The lowest BCUT2D eigenvalue weighted by molar-refractivity contribution is 0.695. The van der Waals surface area contributed by atoms with Crippen LogP contribution >= 0.6 is 11.3 Å². The van der Waals surface area contributed by atoms with E-state index in [0.29, 0.717) is 23.5 Å². The minimum Gasteiger partial charge on any atom is -0.287 e. The Kier molecular flexibility index (Phi) is 4.17. The van der Waals surface area contributed by atoms with Gasteiger partial charge >= 0.3 is 0 Å². The van der Waals surface area contributed by atoms with Crippen molar-refractivity contribution < 1.29 is 0 Å². The van der Waals surface area contributed by atoms with Crippen LogP contribution < -0.4 is 5.43 Å². The summed E-state index contributed by atoms with van der Waals surface area (Å²) in [6.45, 7) is 0.590. The first-order valence-corrected chi connectivity index (χ1v) is 8.77. The van der Waals surface area contributed by atoms with E-state index in [0.717, 1.165) is 10.6 Å². The lowest BCUT2D eigenvalue weighted by Crippen LogP contribution is -2.15. The molecule has 0 spiro atoms. The summed E-state index contributed by atoms with van der Waals surface area (Å²) in [5.74, 6) is 0. The minimum atomic E-state index is -0.164. The van der Waals surface area contributed by atoms with E-state index in [2.05, 4.69) is 16.3 Å². The third-order valence-electron chi connectivity index (χ3n) is 3.91. The van der Waals surface area contributed by atoms with Gasteiger partial charge in [-0.2, -0.15) is 15.5 Å². The van der Waals surface area contributed by atoms with Gasteiger partial charge in [0.05, 0.1) is 29.6 Å². The molecule has 126 valence electrons. The largest absolute Gasteiger partial charge is 0.287 e. The molecule has 3 heterocycles. The van der Waals surface area contributed by atoms with E-state index in [4.69, 9.17) is 5.26 Å². The van der Waals surface area contributed by atoms with Gasteiger partial charge in [0.25, 0.3) is 0 Å². The molecule has 0 aliphatic rings. The summed E-state index contributed by atoms with van der Waals surface area (Å²) in [5.41, 5.74) is 2.19. The molecule has 0 saturated heterocycles. The first-order valence-electron chi connectivity index (χ1n) is 7.90. The Hall–Kier alpha value is -3.50. The SMILES string of the molecule is N#Cc1ccc(-n2ccc(=O)c(-c3ccnn3Cc3cccs3)n2)cc1. The maximum atomic E-state index is 12.4. The maximum absolute atomic E-state index is 12.4. The number of aromatic nitrogens is 4. The van der Waals surface area contributed by atoms with Crippen LogP contribution in [-0.4, -0.2) is 19.6 Å². The van der Waals surface area contributed by atoms with Crippen molar-refractivity contribution in [2.75, 3.05) is 0 Å². The molecule has 0 aliphatic carbocycles. The predicted octanol–water partition coefficient (Wildman–Crippen LogP) is 3.08. The third-order valence-corrected chi connectivity index (χ3v) is 4.78. The monoisotopic (exact) mass is 359 g/mol. The van der Waals surface area contributed by atoms with E-state index < -0.39 is 0 Å². The summed E-state index contributed by atoms with van der Waals surface area (Å²) in [5, 5.41) is 19.8. The Morgan fingerprint density at radius 2 is 1.96 bits per heavy atom. The molecule has 26 heavy (non-hydrogen) atoms. The highest BCUT2D eigenvalue weighted by Gasteiger charge is 2.13. The van der Waals surface area contributed by atoms with Crippen molar-refractivity contribution in [3.63, 3.8) is 0 Å². The topological polar surface area (TPSA) is 76.5 Å². The zero-order chi connectivity index (χ0) is 17.9. The Morgan fingerprint density at radius 3 is 2.69 bits per heavy atom. The van der Waals surface area contributed by atoms with E-state index in [1.54, 1.807) is 63.4 Å². The van der Waals surface area contributed by atoms with Crippen molar-refractivity contribution in [2.45, 2.75) is 6.54 Å². The second-order valence-corrected chi connectivity index (χ2v) is 6.62. The van der Waals surface area contributed by atoms with E-state index in [1.165, 1.54) is 6.07 Å². The van der Waals surface area contributed by atoms with Crippen molar-refractivity contribution >= 4 is 11.3 Å². The van der Waals surface area contributed by atoms with Crippen molar-refractivity contribution in [1.82, 2.24) is 19.6 Å². The standard InChI is InChI=1S/C19H13N5OS/c20-12-14-3-5-15(6-4-14)23-10-8-18(25)19(22-23)17-7-9-21-24(17)13-16-2-1-11-26-16/h1-11H,13H2. The first kappa shape index (κ1) is 16.0. The summed E-state index contributed by atoms with van der Waals surface area (Å²) in [7, 11) is 0.